The topological polar surface area (TPSA) is 120 Å². The Morgan fingerprint density at radius 1 is 1.06 bits per heavy atom. The molecule has 0 spiro atoms. The summed E-state index contributed by atoms with van der Waals surface area (Å²) in [6, 6.07) is 15.6. The number of benzene rings is 2. The molecule has 3 rings (SSSR count). The van der Waals surface area contributed by atoms with Crippen LogP contribution >= 0.6 is 0 Å². The van der Waals surface area contributed by atoms with Gasteiger partial charge in [0.2, 0.25) is 10.0 Å². The molecule has 0 radical (unpaired) electrons. The highest BCUT2D eigenvalue weighted by atomic mass is 32.2. The SMILES string of the molecule is CC(C)c1ccc(CCN(Cc2ccncc2)S(=O)(=O)c2cc(C(=N)N)ccc2O)cc1. The summed E-state index contributed by atoms with van der Waals surface area (Å²) in [5.41, 5.74) is 8.78. The third-order valence-corrected chi connectivity index (χ3v) is 7.17. The maximum absolute atomic E-state index is 13.5. The molecule has 3 aromatic rings. The molecule has 4 N–H and O–H groups in total. The van der Waals surface area contributed by atoms with E-state index in [2.05, 4.69) is 31.0 Å². The molecule has 1 heterocycles. The summed E-state index contributed by atoms with van der Waals surface area (Å²) in [7, 11) is -4.07. The van der Waals surface area contributed by atoms with Crippen molar-refractivity contribution in [3.63, 3.8) is 0 Å². The van der Waals surface area contributed by atoms with Gasteiger partial charge in [-0.2, -0.15) is 4.31 Å². The molecular formula is C24H28N4O3S. The summed E-state index contributed by atoms with van der Waals surface area (Å²) in [6.45, 7) is 4.59. The fourth-order valence-electron chi connectivity index (χ4n) is 3.33. The van der Waals surface area contributed by atoms with Gasteiger partial charge in [0.15, 0.2) is 0 Å². The minimum atomic E-state index is -4.07. The van der Waals surface area contributed by atoms with Crippen molar-refractivity contribution < 1.29 is 13.5 Å². The quantitative estimate of drug-likeness (QED) is 0.338. The molecule has 168 valence electrons. The second kappa shape index (κ2) is 9.93. The summed E-state index contributed by atoms with van der Waals surface area (Å²) in [5, 5.41) is 17.9. The molecule has 2 aromatic carbocycles. The Morgan fingerprint density at radius 2 is 1.72 bits per heavy atom. The second-order valence-electron chi connectivity index (χ2n) is 7.94. The van der Waals surface area contributed by atoms with Gasteiger partial charge in [0.05, 0.1) is 0 Å². The Bertz CT molecular complexity index is 1180. The van der Waals surface area contributed by atoms with Gasteiger partial charge in [-0.25, -0.2) is 8.42 Å². The zero-order valence-electron chi connectivity index (χ0n) is 18.2. The molecule has 0 amide bonds. The van der Waals surface area contributed by atoms with Crippen LogP contribution < -0.4 is 5.73 Å². The zero-order chi connectivity index (χ0) is 23.3. The highest BCUT2D eigenvalue weighted by Gasteiger charge is 2.28. The molecule has 0 aliphatic carbocycles. The van der Waals surface area contributed by atoms with Gasteiger partial charge in [0.1, 0.15) is 16.5 Å². The van der Waals surface area contributed by atoms with Crippen molar-refractivity contribution >= 4 is 15.9 Å². The number of hydrogen-bond donors (Lipinski definition) is 3. The van der Waals surface area contributed by atoms with Gasteiger partial charge >= 0.3 is 0 Å². The van der Waals surface area contributed by atoms with Crippen LogP contribution in [-0.2, 0) is 23.0 Å². The molecule has 0 bridgehead atoms. The summed E-state index contributed by atoms with van der Waals surface area (Å²) < 4.78 is 28.4. The fourth-order valence-corrected chi connectivity index (χ4v) is 4.86. The number of nitrogens with two attached hydrogens (primary N) is 1. The lowest BCUT2D eigenvalue weighted by Crippen LogP contribution is -2.33. The molecule has 0 fully saturated rings. The van der Waals surface area contributed by atoms with Crippen molar-refractivity contribution in [3.05, 3.63) is 89.2 Å². The number of pyridine rings is 1. The van der Waals surface area contributed by atoms with Crippen LogP contribution in [0.5, 0.6) is 5.75 Å². The van der Waals surface area contributed by atoms with E-state index < -0.39 is 10.0 Å². The average Bonchev–Trinajstić information content (AvgIpc) is 2.77. The Morgan fingerprint density at radius 3 is 2.31 bits per heavy atom. The minimum Gasteiger partial charge on any atom is -0.507 e. The number of aromatic nitrogens is 1. The highest BCUT2D eigenvalue weighted by Crippen LogP contribution is 2.28. The van der Waals surface area contributed by atoms with Crippen LogP contribution in [0, 0.1) is 5.41 Å². The van der Waals surface area contributed by atoms with E-state index in [1.54, 1.807) is 24.5 Å². The first-order valence-corrected chi connectivity index (χ1v) is 11.8. The van der Waals surface area contributed by atoms with E-state index in [9.17, 15) is 13.5 Å². The first-order chi connectivity index (χ1) is 15.2. The molecule has 0 aliphatic heterocycles. The molecule has 1 aromatic heterocycles. The van der Waals surface area contributed by atoms with Gasteiger partial charge in [-0.05, 0) is 59.4 Å². The number of nitrogens with one attached hydrogen (secondary N) is 1. The van der Waals surface area contributed by atoms with E-state index in [4.69, 9.17) is 11.1 Å². The van der Waals surface area contributed by atoms with Gasteiger partial charge in [0, 0.05) is 31.0 Å². The number of sulfonamides is 1. The van der Waals surface area contributed by atoms with Crippen molar-refractivity contribution in [1.82, 2.24) is 9.29 Å². The molecule has 0 aliphatic rings. The summed E-state index contributed by atoms with van der Waals surface area (Å²) in [6.07, 6.45) is 3.73. The Balaban J connectivity index is 1.93. The van der Waals surface area contributed by atoms with E-state index in [1.165, 1.54) is 28.1 Å². The van der Waals surface area contributed by atoms with Gasteiger partial charge in [0.25, 0.3) is 0 Å². The third kappa shape index (κ3) is 5.52. The number of rotatable bonds is 9. The van der Waals surface area contributed by atoms with Crippen molar-refractivity contribution in [2.75, 3.05) is 6.54 Å². The largest absolute Gasteiger partial charge is 0.507 e. The molecule has 32 heavy (non-hydrogen) atoms. The average molecular weight is 453 g/mol. The first-order valence-electron chi connectivity index (χ1n) is 10.3. The van der Waals surface area contributed by atoms with Crippen LogP contribution in [0.2, 0.25) is 0 Å². The predicted molar refractivity (Wildman–Crippen MR) is 125 cm³/mol. The number of hydrogen-bond acceptors (Lipinski definition) is 5. The number of phenols is 1. The van der Waals surface area contributed by atoms with E-state index in [1.807, 2.05) is 12.1 Å². The Hall–Kier alpha value is -3.23. The van der Waals surface area contributed by atoms with Crippen molar-refractivity contribution in [2.45, 2.75) is 37.6 Å². The van der Waals surface area contributed by atoms with E-state index in [0.717, 1.165) is 11.1 Å². The maximum Gasteiger partial charge on any atom is 0.247 e. The Labute approximate surface area is 189 Å². The fraction of sp³-hybridized carbons (Fsp3) is 0.250. The molecule has 7 nitrogen and oxygen atoms in total. The van der Waals surface area contributed by atoms with Crippen LogP contribution in [0.3, 0.4) is 0 Å². The highest BCUT2D eigenvalue weighted by molar-refractivity contribution is 7.89. The number of nitrogens with zero attached hydrogens (tertiary/aromatic N) is 2. The standard InChI is InChI=1S/C24H28N4O3S/c1-17(2)20-5-3-18(4-6-20)11-14-28(16-19-9-12-27-13-10-19)32(30,31)23-15-21(24(25)26)7-8-22(23)29/h3-10,12-13,15,17,29H,11,14,16H2,1-2H3,(H3,25,26). The predicted octanol–water partition coefficient (Wildman–Crippen LogP) is 3.63. The number of aromatic hydroxyl groups is 1. The smallest absolute Gasteiger partial charge is 0.247 e. The van der Waals surface area contributed by atoms with Gasteiger partial charge in [-0.3, -0.25) is 10.4 Å². The van der Waals surface area contributed by atoms with Crippen LogP contribution in [0.1, 0.15) is 42.0 Å². The van der Waals surface area contributed by atoms with E-state index >= 15 is 0 Å². The number of nitrogen functional groups attached to an aromatic ring is 1. The normalized spacial score (nSPS) is 11.8. The van der Waals surface area contributed by atoms with E-state index in [-0.39, 0.29) is 35.1 Å². The monoisotopic (exact) mass is 452 g/mol. The summed E-state index contributed by atoms with van der Waals surface area (Å²) >= 11 is 0. The first kappa shape index (κ1) is 23.4. The van der Waals surface area contributed by atoms with Gasteiger partial charge < -0.3 is 10.8 Å². The van der Waals surface area contributed by atoms with Crippen molar-refractivity contribution in [1.29, 1.82) is 5.41 Å². The minimum absolute atomic E-state index is 0.124. The number of amidine groups is 1. The molecular weight excluding hydrogens is 424 g/mol. The molecule has 8 heteroatoms. The Kier molecular flexibility index (Phi) is 7.27. The lowest BCUT2D eigenvalue weighted by molar-refractivity contribution is 0.402. The molecule has 0 unspecified atom stereocenters. The lowest BCUT2D eigenvalue weighted by Gasteiger charge is -2.23. The van der Waals surface area contributed by atoms with Crippen LogP contribution in [0.25, 0.3) is 0 Å². The van der Waals surface area contributed by atoms with Crippen LogP contribution in [0.4, 0.5) is 0 Å². The molecule has 0 saturated carbocycles. The van der Waals surface area contributed by atoms with Crippen LogP contribution in [0.15, 0.2) is 71.9 Å². The van der Waals surface area contributed by atoms with Crippen molar-refractivity contribution in [3.8, 4) is 5.75 Å². The zero-order valence-corrected chi connectivity index (χ0v) is 19.0. The second-order valence-corrected chi connectivity index (χ2v) is 9.84. The van der Waals surface area contributed by atoms with Crippen molar-refractivity contribution in [2.24, 2.45) is 5.73 Å². The van der Waals surface area contributed by atoms with E-state index in [0.29, 0.717) is 12.3 Å². The van der Waals surface area contributed by atoms with Gasteiger partial charge in [-0.1, -0.05) is 38.1 Å². The van der Waals surface area contributed by atoms with Crippen LogP contribution in [-0.4, -0.2) is 35.2 Å². The summed E-state index contributed by atoms with van der Waals surface area (Å²) in [4.78, 5) is 3.72. The maximum atomic E-state index is 13.5. The number of phenolic OH excluding ortho intramolecular Hbond substituents is 1. The molecule has 0 saturated heterocycles. The third-order valence-electron chi connectivity index (χ3n) is 5.29. The van der Waals surface area contributed by atoms with Gasteiger partial charge in [-0.15, -0.1) is 0 Å². The summed E-state index contributed by atoms with van der Waals surface area (Å²) in [5.74, 6) is -0.229. The lowest BCUT2D eigenvalue weighted by atomic mass is 10.0. The molecule has 0 atom stereocenters.